The second kappa shape index (κ2) is 5.84. The molecule has 0 unspecified atom stereocenters. The van der Waals surface area contributed by atoms with E-state index in [4.69, 9.17) is 0 Å². The first-order chi connectivity index (χ1) is 11.0. The van der Waals surface area contributed by atoms with Crippen LogP contribution in [0.3, 0.4) is 0 Å². The molecule has 0 aliphatic heterocycles. The lowest BCUT2D eigenvalue weighted by Gasteiger charge is -2.06. The van der Waals surface area contributed by atoms with Crippen LogP contribution in [0, 0.1) is 10.1 Å². The average Bonchev–Trinajstić information content (AvgIpc) is 2.56. The normalized spacial score (nSPS) is 10.6. The highest BCUT2D eigenvalue weighted by Crippen LogP contribution is 2.16. The van der Waals surface area contributed by atoms with Crippen molar-refractivity contribution in [3.8, 4) is 0 Å². The number of nitrogens with zero attached hydrogens (tertiary/aromatic N) is 2. The molecule has 1 heterocycles. The summed E-state index contributed by atoms with van der Waals surface area (Å²) in [5.74, 6) is -0.279. The maximum atomic E-state index is 12.4. The predicted molar refractivity (Wildman–Crippen MR) is 85.6 cm³/mol. The summed E-state index contributed by atoms with van der Waals surface area (Å²) in [4.78, 5) is 34.3. The molecule has 114 valence electrons. The van der Waals surface area contributed by atoms with Gasteiger partial charge in [-0.15, -0.1) is 0 Å². The molecule has 6 nitrogen and oxygen atoms in total. The number of rotatable bonds is 4. The molecular weight excluding hydrogens is 296 g/mol. The highest BCUT2D eigenvalue weighted by molar-refractivity contribution is 5.99. The zero-order valence-corrected chi connectivity index (χ0v) is 12.0. The lowest BCUT2D eigenvalue weighted by Crippen LogP contribution is -2.23. The van der Waals surface area contributed by atoms with Gasteiger partial charge in [-0.25, -0.2) is 0 Å². The van der Waals surface area contributed by atoms with Gasteiger partial charge in [-0.05, 0) is 16.8 Å². The largest absolute Gasteiger partial charge is 0.301 e. The number of benzene rings is 2. The third-order valence-electron chi connectivity index (χ3n) is 3.56. The van der Waals surface area contributed by atoms with E-state index in [2.05, 4.69) is 0 Å². The fourth-order valence-electron chi connectivity index (χ4n) is 2.36. The van der Waals surface area contributed by atoms with E-state index in [-0.39, 0.29) is 18.0 Å². The molecule has 23 heavy (non-hydrogen) atoms. The van der Waals surface area contributed by atoms with Gasteiger partial charge in [0.25, 0.3) is 11.2 Å². The Labute approximate surface area is 130 Å². The van der Waals surface area contributed by atoms with Crippen molar-refractivity contribution in [2.45, 2.75) is 6.54 Å². The number of pyridine rings is 1. The van der Waals surface area contributed by atoms with E-state index in [1.165, 1.54) is 0 Å². The summed E-state index contributed by atoms with van der Waals surface area (Å²) in [5, 5.41) is 12.7. The monoisotopic (exact) mass is 308 g/mol. The van der Waals surface area contributed by atoms with Crippen molar-refractivity contribution in [2.24, 2.45) is 0 Å². The topological polar surface area (TPSA) is 82.2 Å². The van der Waals surface area contributed by atoms with Gasteiger partial charge in [0.05, 0.1) is 17.7 Å². The molecule has 0 spiro atoms. The summed E-state index contributed by atoms with van der Waals surface area (Å²) >= 11 is 0. The van der Waals surface area contributed by atoms with Crippen molar-refractivity contribution < 1.29 is 9.72 Å². The molecule has 3 aromatic rings. The Hall–Kier alpha value is -3.28. The number of ketones is 1. The Morgan fingerprint density at radius 2 is 1.78 bits per heavy atom. The van der Waals surface area contributed by atoms with E-state index in [1.807, 2.05) is 30.3 Å². The molecule has 0 atom stereocenters. The van der Waals surface area contributed by atoms with Crippen LogP contribution in [0.25, 0.3) is 10.8 Å². The molecule has 0 aliphatic rings. The van der Waals surface area contributed by atoms with E-state index in [0.29, 0.717) is 5.56 Å². The molecule has 0 radical (unpaired) electrons. The minimum atomic E-state index is -0.601. The van der Waals surface area contributed by atoms with E-state index in [9.17, 15) is 19.7 Å². The minimum Gasteiger partial charge on any atom is -0.301 e. The van der Waals surface area contributed by atoms with Crippen LogP contribution in [0.2, 0.25) is 0 Å². The minimum absolute atomic E-state index is 0.226. The van der Waals surface area contributed by atoms with Crippen LogP contribution in [-0.2, 0) is 6.54 Å². The summed E-state index contributed by atoms with van der Waals surface area (Å²) in [6.07, 6.45) is 1.08. The summed E-state index contributed by atoms with van der Waals surface area (Å²) in [5.41, 5.74) is -0.220. The predicted octanol–water partition coefficient (Wildman–Crippen LogP) is 2.79. The number of fused-ring (bicyclic) bond motifs is 1. The van der Waals surface area contributed by atoms with Gasteiger partial charge in [-0.2, -0.15) is 0 Å². The summed E-state index contributed by atoms with van der Waals surface area (Å²) < 4.78 is 1.05. The third-order valence-corrected chi connectivity index (χ3v) is 3.56. The molecule has 0 aliphatic carbocycles. The SMILES string of the molecule is O=C(Cn1cc([N+](=O)[O-])ccc1=O)c1ccc2ccccc2c1. The molecule has 0 bridgehead atoms. The van der Waals surface area contributed by atoms with Crippen LogP contribution in [0.4, 0.5) is 5.69 Å². The van der Waals surface area contributed by atoms with Gasteiger partial charge >= 0.3 is 0 Å². The van der Waals surface area contributed by atoms with E-state index >= 15 is 0 Å². The van der Waals surface area contributed by atoms with Crippen LogP contribution < -0.4 is 5.56 Å². The van der Waals surface area contributed by atoms with Crippen LogP contribution in [0.1, 0.15) is 10.4 Å². The first-order valence-corrected chi connectivity index (χ1v) is 6.91. The standard InChI is InChI=1S/C17H12N2O4/c20-16(11-18-10-15(19(22)23)7-8-17(18)21)14-6-5-12-3-1-2-4-13(12)9-14/h1-10H,11H2. The summed E-state index contributed by atoms with van der Waals surface area (Å²) in [7, 11) is 0. The zero-order chi connectivity index (χ0) is 16.4. The Bertz CT molecular complexity index is 975. The Balaban J connectivity index is 1.93. The maximum Gasteiger partial charge on any atom is 0.285 e. The molecule has 1 aromatic heterocycles. The Kier molecular flexibility index (Phi) is 3.72. The number of aromatic nitrogens is 1. The van der Waals surface area contributed by atoms with Gasteiger partial charge in [-0.1, -0.05) is 36.4 Å². The molecule has 6 heteroatoms. The van der Waals surface area contributed by atoms with E-state index in [0.717, 1.165) is 33.7 Å². The van der Waals surface area contributed by atoms with Gasteiger partial charge in [0.15, 0.2) is 5.78 Å². The van der Waals surface area contributed by atoms with Gasteiger partial charge in [0.1, 0.15) is 0 Å². The maximum absolute atomic E-state index is 12.4. The second-order valence-electron chi connectivity index (χ2n) is 5.10. The fraction of sp³-hybridized carbons (Fsp3) is 0.0588. The van der Waals surface area contributed by atoms with Crippen molar-refractivity contribution >= 4 is 22.2 Å². The lowest BCUT2D eigenvalue weighted by molar-refractivity contribution is -0.385. The number of hydrogen-bond donors (Lipinski definition) is 0. The zero-order valence-electron chi connectivity index (χ0n) is 12.0. The van der Waals surface area contributed by atoms with Gasteiger partial charge in [0, 0.05) is 17.7 Å². The summed E-state index contributed by atoms with van der Waals surface area (Å²) in [6.45, 7) is -0.237. The third kappa shape index (κ3) is 3.01. The molecule has 3 rings (SSSR count). The highest BCUT2D eigenvalue weighted by atomic mass is 16.6. The van der Waals surface area contributed by atoms with Crippen molar-refractivity contribution in [3.63, 3.8) is 0 Å². The quantitative estimate of drug-likeness (QED) is 0.421. The lowest BCUT2D eigenvalue weighted by atomic mass is 10.0. The number of hydrogen-bond acceptors (Lipinski definition) is 4. The molecule has 0 saturated heterocycles. The number of nitro groups is 1. The van der Waals surface area contributed by atoms with E-state index < -0.39 is 10.5 Å². The molecule has 2 aromatic carbocycles. The smallest absolute Gasteiger partial charge is 0.285 e. The number of Topliss-reactive ketones (excluding diaryl/α,β-unsaturated/α-hetero) is 1. The van der Waals surface area contributed by atoms with Gasteiger partial charge < -0.3 is 4.57 Å². The first kappa shape index (κ1) is 14.6. The molecule has 0 N–H and O–H groups in total. The van der Waals surface area contributed by atoms with Crippen LogP contribution >= 0.6 is 0 Å². The Morgan fingerprint density at radius 1 is 1.04 bits per heavy atom. The van der Waals surface area contributed by atoms with Crippen LogP contribution in [0.15, 0.2) is 65.6 Å². The van der Waals surface area contributed by atoms with Gasteiger partial charge in [0.2, 0.25) is 0 Å². The second-order valence-corrected chi connectivity index (χ2v) is 5.10. The van der Waals surface area contributed by atoms with E-state index in [1.54, 1.807) is 12.1 Å². The van der Waals surface area contributed by atoms with Gasteiger partial charge in [-0.3, -0.25) is 19.7 Å². The Morgan fingerprint density at radius 3 is 2.52 bits per heavy atom. The molecule has 0 amide bonds. The van der Waals surface area contributed by atoms with Crippen molar-refractivity contribution in [1.29, 1.82) is 0 Å². The van der Waals surface area contributed by atoms with Crippen molar-refractivity contribution in [2.75, 3.05) is 0 Å². The molecule has 0 fully saturated rings. The number of carbonyl (C=O) groups is 1. The average molecular weight is 308 g/mol. The number of carbonyl (C=O) groups excluding carboxylic acids is 1. The molecule has 0 saturated carbocycles. The van der Waals surface area contributed by atoms with Crippen LogP contribution in [-0.4, -0.2) is 15.3 Å². The van der Waals surface area contributed by atoms with Crippen molar-refractivity contribution in [3.05, 3.63) is 86.8 Å². The first-order valence-electron chi connectivity index (χ1n) is 6.91. The molecular formula is C17H12N2O4. The van der Waals surface area contributed by atoms with Crippen molar-refractivity contribution in [1.82, 2.24) is 4.57 Å². The van der Waals surface area contributed by atoms with Crippen LogP contribution in [0.5, 0.6) is 0 Å². The fourth-order valence-corrected chi connectivity index (χ4v) is 2.36. The highest BCUT2D eigenvalue weighted by Gasteiger charge is 2.12. The summed E-state index contributed by atoms with van der Waals surface area (Å²) in [6, 6.07) is 15.1.